The van der Waals surface area contributed by atoms with Gasteiger partial charge in [-0.2, -0.15) is 5.10 Å². The van der Waals surface area contributed by atoms with E-state index < -0.39 is 0 Å². The molecular weight excluding hydrogens is 240 g/mol. The number of carbonyl (C=O) groups is 1. The minimum absolute atomic E-state index is 0.180. The van der Waals surface area contributed by atoms with Crippen molar-refractivity contribution in [1.29, 1.82) is 0 Å². The zero-order chi connectivity index (χ0) is 13.5. The molecule has 0 bridgehead atoms. The molecular formula is C14H24N4O. The summed E-state index contributed by atoms with van der Waals surface area (Å²) in [7, 11) is 0. The lowest BCUT2D eigenvalue weighted by atomic mass is 10.0. The molecule has 19 heavy (non-hydrogen) atoms. The van der Waals surface area contributed by atoms with Gasteiger partial charge in [0.1, 0.15) is 0 Å². The summed E-state index contributed by atoms with van der Waals surface area (Å²) in [6, 6.07) is 1.92. The van der Waals surface area contributed by atoms with Crippen LogP contribution in [-0.2, 0) is 11.3 Å². The molecule has 5 nitrogen and oxygen atoms in total. The van der Waals surface area contributed by atoms with Gasteiger partial charge in [-0.1, -0.05) is 6.92 Å². The number of aromatic nitrogens is 2. The maximum absolute atomic E-state index is 11.8. The predicted molar refractivity (Wildman–Crippen MR) is 74.6 cm³/mol. The number of amides is 1. The van der Waals surface area contributed by atoms with Crippen molar-refractivity contribution in [2.45, 2.75) is 32.7 Å². The molecule has 0 aromatic carbocycles. The highest BCUT2D eigenvalue weighted by atomic mass is 16.1. The van der Waals surface area contributed by atoms with Crippen molar-refractivity contribution in [3.8, 4) is 0 Å². The third kappa shape index (κ3) is 5.03. The van der Waals surface area contributed by atoms with Crippen molar-refractivity contribution in [2.24, 2.45) is 11.8 Å². The topological polar surface area (TPSA) is 59.0 Å². The molecule has 106 valence electrons. The molecule has 1 aliphatic rings. The summed E-state index contributed by atoms with van der Waals surface area (Å²) in [6.45, 7) is 5.88. The number of carbonyl (C=O) groups excluding carboxylic acids is 1. The van der Waals surface area contributed by atoms with Gasteiger partial charge in [0.05, 0.1) is 0 Å². The van der Waals surface area contributed by atoms with Crippen LogP contribution < -0.4 is 10.6 Å². The van der Waals surface area contributed by atoms with Crippen LogP contribution in [0, 0.1) is 11.8 Å². The molecule has 2 rings (SSSR count). The van der Waals surface area contributed by atoms with Gasteiger partial charge >= 0.3 is 0 Å². The largest absolute Gasteiger partial charge is 0.356 e. The summed E-state index contributed by atoms with van der Waals surface area (Å²) in [5, 5.41) is 10.5. The van der Waals surface area contributed by atoms with Gasteiger partial charge in [-0.25, -0.2) is 0 Å². The molecule has 1 fully saturated rings. The highest BCUT2D eigenvalue weighted by molar-refractivity contribution is 5.75. The van der Waals surface area contributed by atoms with E-state index in [9.17, 15) is 4.79 Å². The van der Waals surface area contributed by atoms with Gasteiger partial charge in [0.2, 0.25) is 5.91 Å². The molecule has 2 heterocycles. The van der Waals surface area contributed by atoms with E-state index in [1.807, 2.05) is 16.9 Å². The van der Waals surface area contributed by atoms with E-state index >= 15 is 0 Å². The van der Waals surface area contributed by atoms with Gasteiger partial charge in [0.25, 0.3) is 0 Å². The number of nitrogens with one attached hydrogen (secondary N) is 2. The van der Waals surface area contributed by atoms with Crippen LogP contribution in [-0.4, -0.2) is 35.3 Å². The molecule has 1 amide bonds. The van der Waals surface area contributed by atoms with Crippen molar-refractivity contribution < 1.29 is 4.79 Å². The fraction of sp³-hybridized carbons (Fsp3) is 0.714. The third-order valence-electron chi connectivity index (χ3n) is 3.65. The molecule has 2 unspecified atom stereocenters. The lowest BCUT2D eigenvalue weighted by Crippen LogP contribution is -2.30. The molecule has 1 aromatic rings. The molecule has 1 aliphatic heterocycles. The zero-order valence-electron chi connectivity index (χ0n) is 11.6. The summed E-state index contributed by atoms with van der Waals surface area (Å²) >= 11 is 0. The first-order valence-corrected chi connectivity index (χ1v) is 7.19. The Labute approximate surface area is 114 Å². The number of hydrogen-bond acceptors (Lipinski definition) is 3. The Morgan fingerprint density at radius 3 is 3.21 bits per heavy atom. The van der Waals surface area contributed by atoms with Crippen molar-refractivity contribution in [2.75, 3.05) is 19.6 Å². The second-order valence-corrected chi connectivity index (χ2v) is 5.53. The Hall–Kier alpha value is -1.36. The van der Waals surface area contributed by atoms with Crippen molar-refractivity contribution >= 4 is 5.91 Å². The predicted octanol–water partition coefficient (Wildman–Crippen LogP) is 1.03. The molecule has 2 N–H and O–H groups in total. The van der Waals surface area contributed by atoms with Crippen molar-refractivity contribution in [3.63, 3.8) is 0 Å². The van der Waals surface area contributed by atoms with E-state index in [0.717, 1.165) is 32.6 Å². The maximum Gasteiger partial charge on any atom is 0.220 e. The van der Waals surface area contributed by atoms with Crippen LogP contribution in [0.1, 0.15) is 26.2 Å². The minimum atomic E-state index is 0.180. The van der Waals surface area contributed by atoms with E-state index in [0.29, 0.717) is 18.3 Å². The van der Waals surface area contributed by atoms with Gasteiger partial charge in [-0.05, 0) is 43.8 Å². The van der Waals surface area contributed by atoms with Gasteiger partial charge < -0.3 is 10.6 Å². The first-order valence-electron chi connectivity index (χ1n) is 7.19. The van der Waals surface area contributed by atoms with Crippen molar-refractivity contribution in [3.05, 3.63) is 18.5 Å². The molecule has 1 saturated heterocycles. The average molecular weight is 264 g/mol. The lowest BCUT2D eigenvalue weighted by molar-refractivity contribution is -0.121. The van der Waals surface area contributed by atoms with E-state index in [-0.39, 0.29) is 5.91 Å². The van der Waals surface area contributed by atoms with Crippen LogP contribution in [0.4, 0.5) is 0 Å². The van der Waals surface area contributed by atoms with Crippen molar-refractivity contribution in [1.82, 2.24) is 20.4 Å². The van der Waals surface area contributed by atoms with E-state index in [4.69, 9.17) is 0 Å². The Kier molecular flexibility index (Phi) is 5.39. The maximum atomic E-state index is 11.8. The Bertz CT molecular complexity index is 371. The summed E-state index contributed by atoms with van der Waals surface area (Å²) < 4.78 is 1.90. The molecule has 0 aliphatic carbocycles. The van der Waals surface area contributed by atoms with Gasteiger partial charge in [0, 0.05) is 31.9 Å². The van der Waals surface area contributed by atoms with Crippen LogP contribution in [0.15, 0.2) is 18.5 Å². The fourth-order valence-electron chi connectivity index (χ4n) is 2.46. The monoisotopic (exact) mass is 264 g/mol. The van der Waals surface area contributed by atoms with E-state index in [2.05, 4.69) is 22.7 Å². The number of nitrogens with zero attached hydrogens (tertiary/aromatic N) is 2. The molecule has 1 aromatic heterocycles. The standard InChI is InChI=1S/C14H24N4O/c1-12(11-18-8-2-6-17-18)9-16-14(19)4-3-13-5-7-15-10-13/h2,6,8,12-13,15H,3-5,7,9-11H2,1H3,(H,16,19). The SMILES string of the molecule is CC(CNC(=O)CCC1CCNC1)Cn1cccn1. The lowest BCUT2D eigenvalue weighted by Gasteiger charge is -2.13. The van der Waals surface area contributed by atoms with Crippen LogP contribution >= 0.6 is 0 Å². The van der Waals surface area contributed by atoms with Crippen LogP contribution in [0.3, 0.4) is 0 Å². The molecule has 0 spiro atoms. The second kappa shape index (κ2) is 7.28. The summed E-state index contributed by atoms with van der Waals surface area (Å²) in [4.78, 5) is 11.8. The van der Waals surface area contributed by atoms with Gasteiger partial charge in [0.15, 0.2) is 0 Å². The first kappa shape index (κ1) is 14.1. The molecule has 0 saturated carbocycles. The minimum Gasteiger partial charge on any atom is -0.356 e. The Morgan fingerprint density at radius 2 is 2.53 bits per heavy atom. The van der Waals surface area contributed by atoms with E-state index in [1.54, 1.807) is 6.20 Å². The Morgan fingerprint density at radius 1 is 1.63 bits per heavy atom. The highest BCUT2D eigenvalue weighted by Gasteiger charge is 2.15. The smallest absolute Gasteiger partial charge is 0.220 e. The fourth-order valence-corrected chi connectivity index (χ4v) is 2.46. The quantitative estimate of drug-likeness (QED) is 0.773. The summed E-state index contributed by atoms with van der Waals surface area (Å²) in [5.41, 5.74) is 0. The van der Waals surface area contributed by atoms with Crippen LogP contribution in [0.2, 0.25) is 0 Å². The van der Waals surface area contributed by atoms with E-state index in [1.165, 1.54) is 6.42 Å². The number of hydrogen-bond donors (Lipinski definition) is 2. The summed E-state index contributed by atoms with van der Waals surface area (Å²) in [5.74, 6) is 1.27. The molecule has 2 atom stereocenters. The van der Waals surface area contributed by atoms with Crippen LogP contribution in [0.5, 0.6) is 0 Å². The van der Waals surface area contributed by atoms with Gasteiger partial charge in [-0.15, -0.1) is 0 Å². The van der Waals surface area contributed by atoms with Crippen LogP contribution in [0.25, 0.3) is 0 Å². The van der Waals surface area contributed by atoms with Gasteiger partial charge in [-0.3, -0.25) is 9.48 Å². The first-order chi connectivity index (χ1) is 9.24. The highest BCUT2D eigenvalue weighted by Crippen LogP contribution is 2.13. The second-order valence-electron chi connectivity index (χ2n) is 5.53. The average Bonchev–Trinajstić information content (AvgIpc) is 3.06. The third-order valence-corrected chi connectivity index (χ3v) is 3.65. The normalized spacial score (nSPS) is 20.4. The number of rotatable bonds is 7. The Balaban J connectivity index is 1.57. The molecule has 0 radical (unpaired) electrons. The summed E-state index contributed by atoms with van der Waals surface area (Å²) in [6.07, 6.45) is 6.60. The zero-order valence-corrected chi connectivity index (χ0v) is 11.6. The molecule has 5 heteroatoms.